The minimum Gasteiger partial charge on any atom is -0.294 e. The summed E-state index contributed by atoms with van der Waals surface area (Å²) in [6.07, 6.45) is 7.38. The first-order valence-electron chi connectivity index (χ1n) is 5.30. The second-order valence-corrected chi connectivity index (χ2v) is 4.55. The molecule has 0 aromatic carbocycles. The van der Waals surface area contributed by atoms with Crippen molar-refractivity contribution < 1.29 is 4.79 Å². The van der Waals surface area contributed by atoms with Crippen molar-refractivity contribution in [2.24, 2.45) is 24.8 Å². The molecule has 3 rings (SSSR count). The summed E-state index contributed by atoms with van der Waals surface area (Å²) in [5.41, 5.74) is 0.798. The van der Waals surface area contributed by atoms with Crippen molar-refractivity contribution in [1.82, 2.24) is 9.78 Å². The number of carbonyl (C=O) groups is 1. The molecule has 2 atom stereocenters. The first kappa shape index (κ1) is 8.21. The highest BCUT2D eigenvalue weighted by Crippen LogP contribution is 2.58. The van der Waals surface area contributed by atoms with Crippen molar-refractivity contribution in [2.45, 2.75) is 19.3 Å². The molecule has 1 heterocycles. The van der Waals surface area contributed by atoms with Crippen LogP contribution in [0.4, 0.5) is 0 Å². The predicted molar refractivity (Wildman–Crippen MR) is 51.9 cm³/mol. The van der Waals surface area contributed by atoms with Crippen LogP contribution in [0, 0.1) is 17.8 Å². The van der Waals surface area contributed by atoms with Crippen LogP contribution in [0.2, 0.25) is 0 Å². The molecular weight excluding hydrogens is 176 g/mol. The standard InChI is InChI=1S/C11H14N2O/c1-13-6-7(5-12-13)11(14)10-8-3-2-4-9(8)10/h5-6,8-10H,2-4H2,1H3. The van der Waals surface area contributed by atoms with Crippen LogP contribution in [0.25, 0.3) is 0 Å². The number of fused-ring (bicyclic) bond motifs is 1. The zero-order valence-corrected chi connectivity index (χ0v) is 8.31. The van der Waals surface area contributed by atoms with E-state index < -0.39 is 0 Å². The molecule has 0 bridgehead atoms. The largest absolute Gasteiger partial charge is 0.294 e. The summed E-state index contributed by atoms with van der Waals surface area (Å²) in [5.74, 6) is 2.09. The van der Waals surface area contributed by atoms with E-state index in [0.717, 1.165) is 5.56 Å². The number of carbonyl (C=O) groups excluding carboxylic acids is 1. The van der Waals surface area contributed by atoms with Crippen LogP contribution in [0.1, 0.15) is 29.6 Å². The molecule has 14 heavy (non-hydrogen) atoms. The van der Waals surface area contributed by atoms with E-state index in [-0.39, 0.29) is 0 Å². The number of ketones is 1. The maximum atomic E-state index is 12.0. The van der Waals surface area contributed by atoms with Crippen LogP contribution in [0.15, 0.2) is 12.4 Å². The van der Waals surface area contributed by atoms with Gasteiger partial charge in [-0.05, 0) is 24.7 Å². The van der Waals surface area contributed by atoms with Gasteiger partial charge in [-0.15, -0.1) is 0 Å². The average Bonchev–Trinajstić information content (AvgIpc) is 2.56. The van der Waals surface area contributed by atoms with E-state index in [4.69, 9.17) is 0 Å². The van der Waals surface area contributed by atoms with Gasteiger partial charge < -0.3 is 0 Å². The van der Waals surface area contributed by atoms with E-state index in [1.165, 1.54) is 19.3 Å². The molecule has 0 saturated heterocycles. The molecule has 3 nitrogen and oxygen atoms in total. The number of nitrogens with zero attached hydrogens (tertiary/aromatic N) is 2. The van der Waals surface area contributed by atoms with Crippen LogP contribution < -0.4 is 0 Å². The van der Waals surface area contributed by atoms with Crippen molar-refractivity contribution in [2.75, 3.05) is 0 Å². The smallest absolute Gasteiger partial charge is 0.169 e. The Morgan fingerprint density at radius 2 is 2.21 bits per heavy atom. The van der Waals surface area contributed by atoms with Gasteiger partial charge in [-0.3, -0.25) is 9.48 Å². The molecule has 2 unspecified atom stereocenters. The monoisotopic (exact) mass is 190 g/mol. The summed E-state index contributed by atoms with van der Waals surface area (Å²) >= 11 is 0. The maximum absolute atomic E-state index is 12.0. The third-order valence-corrected chi connectivity index (χ3v) is 3.70. The van der Waals surface area contributed by atoms with E-state index >= 15 is 0 Å². The molecule has 0 aliphatic heterocycles. The van der Waals surface area contributed by atoms with Crippen molar-refractivity contribution in [3.05, 3.63) is 18.0 Å². The van der Waals surface area contributed by atoms with Gasteiger partial charge >= 0.3 is 0 Å². The molecule has 0 spiro atoms. The summed E-state index contributed by atoms with van der Waals surface area (Å²) in [4.78, 5) is 12.0. The number of aryl methyl sites for hydroxylation is 1. The third kappa shape index (κ3) is 1.04. The average molecular weight is 190 g/mol. The number of Topliss-reactive ketones (excluding diaryl/α,β-unsaturated/α-hetero) is 1. The van der Waals surface area contributed by atoms with E-state index in [0.29, 0.717) is 23.5 Å². The Balaban J connectivity index is 1.78. The highest BCUT2D eigenvalue weighted by molar-refractivity contribution is 5.99. The molecule has 0 N–H and O–H groups in total. The SMILES string of the molecule is Cn1cc(C(=O)C2C3CCCC32)cn1. The Kier molecular flexibility index (Phi) is 1.58. The summed E-state index contributed by atoms with van der Waals surface area (Å²) in [6, 6.07) is 0. The van der Waals surface area contributed by atoms with Crippen molar-refractivity contribution in [3.8, 4) is 0 Å². The molecule has 2 aliphatic carbocycles. The fraction of sp³-hybridized carbons (Fsp3) is 0.636. The summed E-state index contributed by atoms with van der Waals surface area (Å²) in [6.45, 7) is 0. The number of hydrogen-bond acceptors (Lipinski definition) is 2. The van der Waals surface area contributed by atoms with Gasteiger partial charge in [0, 0.05) is 19.2 Å². The van der Waals surface area contributed by atoms with Crippen LogP contribution in [-0.4, -0.2) is 15.6 Å². The Bertz CT molecular complexity index is 372. The quantitative estimate of drug-likeness (QED) is 0.664. The lowest BCUT2D eigenvalue weighted by atomic mass is 10.0. The van der Waals surface area contributed by atoms with Crippen LogP contribution in [0.3, 0.4) is 0 Å². The van der Waals surface area contributed by atoms with Gasteiger partial charge in [0.2, 0.25) is 0 Å². The fourth-order valence-electron chi connectivity index (χ4n) is 2.95. The molecule has 1 aromatic rings. The fourth-order valence-corrected chi connectivity index (χ4v) is 2.95. The van der Waals surface area contributed by atoms with Crippen molar-refractivity contribution in [1.29, 1.82) is 0 Å². The molecule has 2 aliphatic rings. The summed E-state index contributed by atoms with van der Waals surface area (Å²) < 4.78 is 1.70. The zero-order chi connectivity index (χ0) is 9.71. The third-order valence-electron chi connectivity index (χ3n) is 3.70. The molecular formula is C11H14N2O. The summed E-state index contributed by atoms with van der Waals surface area (Å²) in [7, 11) is 1.85. The molecule has 2 saturated carbocycles. The van der Waals surface area contributed by atoms with Crippen LogP contribution in [0.5, 0.6) is 0 Å². The molecule has 2 fully saturated rings. The Morgan fingerprint density at radius 3 is 2.79 bits per heavy atom. The van der Waals surface area contributed by atoms with Gasteiger partial charge in [-0.1, -0.05) is 6.42 Å². The summed E-state index contributed by atoms with van der Waals surface area (Å²) in [5, 5.41) is 4.04. The lowest BCUT2D eigenvalue weighted by Gasteiger charge is -1.99. The highest BCUT2D eigenvalue weighted by atomic mass is 16.1. The molecule has 3 heteroatoms. The van der Waals surface area contributed by atoms with Crippen molar-refractivity contribution in [3.63, 3.8) is 0 Å². The van der Waals surface area contributed by atoms with Gasteiger partial charge in [0.25, 0.3) is 0 Å². The first-order valence-corrected chi connectivity index (χ1v) is 5.30. The van der Waals surface area contributed by atoms with E-state index in [2.05, 4.69) is 5.10 Å². The first-order chi connectivity index (χ1) is 6.77. The zero-order valence-electron chi connectivity index (χ0n) is 8.31. The minimum atomic E-state index is 0.327. The van der Waals surface area contributed by atoms with E-state index in [1.807, 2.05) is 13.2 Å². The van der Waals surface area contributed by atoms with Gasteiger partial charge in [0.05, 0.1) is 11.8 Å². The predicted octanol–water partition coefficient (Wildman–Crippen LogP) is 1.65. The minimum absolute atomic E-state index is 0.327. The van der Waals surface area contributed by atoms with E-state index in [9.17, 15) is 4.79 Å². The number of hydrogen-bond donors (Lipinski definition) is 0. The molecule has 0 amide bonds. The Morgan fingerprint density at radius 1 is 1.50 bits per heavy atom. The molecule has 1 aromatic heterocycles. The van der Waals surface area contributed by atoms with Gasteiger partial charge in [0.1, 0.15) is 0 Å². The topological polar surface area (TPSA) is 34.9 Å². The van der Waals surface area contributed by atoms with Gasteiger partial charge in [-0.2, -0.15) is 5.10 Å². The van der Waals surface area contributed by atoms with Crippen LogP contribution >= 0.6 is 0 Å². The lowest BCUT2D eigenvalue weighted by molar-refractivity contribution is 0.0951. The highest BCUT2D eigenvalue weighted by Gasteiger charge is 2.56. The normalized spacial score (nSPS) is 34.2. The van der Waals surface area contributed by atoms with E-state index in [1.54, 1.807) is 10.9 Å². The van der Waals surface area contributed by atoms with Crippen LogP contribution in [-0.2, 0) is 7.05 Å². The maximum Gasteiger partial charge on any atom is 0.169 e. The van der Waals surface area contributed by atoms with Gasteiger partial charge in [-0.25, -0.2) is 0 Å². The Labute approximate surface area is 83.1 Å². The second-order valence-electron chi connectivity index (χ2n) is 4.55. The lowest BCUT2D eigenvalue weighted by Crippen LogP contribution is -2.05. The molecule has 0 radical (unpaired) electrons. The Hall–Kier alpha value is -1.12. The van der Waals surface area contributed by atoms with Crippen molar-refractivity contribution >= 4 is 5.78 Å². The number of aromatic nitrogens is 2. The molecule has 74 valence electrons. The second kappa shape index (κ2) is 2.69. The van der Waals surface area contributed by atoms with Gasteiger partial charge in [0.15, 0.2) is 5.78 Å². The number of rotatable bonds is 2.